The fourth-order valence-corrected chi connectivity index (χ4v) is 3.39. The van der Waals surface area contributed by atoms with Crippen LogP contribution in [0.3, 0.4) is 0 Å². The van der Waals surface area contributed by atoms with Crippen molar-refractivity contribution in [3.05, 3.63) is 0 Å². The van der Waals surface area contributed by atoms with Crippen molar-refractivity contribution in [2.45, 2.75) is 31.7 Å². The lowest BCUT2D eigenvalue weighted by Gasteiger charge is -2.30. The van der Waals surface area contributed by atoms with Crippen molar-refractivity contribution in [1.82, 2.24) is 5.32 Å². The molecule has 3 nitrogen and oxygen atoms in total. The van der Waals surface area contributed by atoms with Crippen molar-refractivity contribution in [1.29, 1.82) is 0 Å². The molecule has 0 bridgehead atoms. The molecule has 0 spiro atoms. The summed E-state index contributed by atoms with van der Waals surface area (Å²) in [6, 6.07) is 0. The normalized spacial score (nSPS) is 29.9. The average molecular weight is 228 g/mol. The van der Waals surface area contributed by atoms with Gasteiger partial charge < -0.3 is 11.1 Å². The molecule has 1 aliphatic heterocycles. The molecule has 2 rings (SSSR count). The molecule has 0 aromatic heterocycles. The Morgan fingerprint density at radius 2 is 2.27 bits per heavy atom. The minimum atomic E-state index is -0.148. The molecule has 0 radical (unpaired) electrons. The van der Waals surface area contributed by atoms with E-state index in [1.807, 2.05) is 11.8 Å². The van der Waals surface area contributed by atoms with Gasteiger partial charge in [0.1, 0.15) is 0 Å². The summed E-state index contributed by atoms with van der Waals surface area (Å²) in [5, 5.41) is 3.17. The Balaban J connectivity index is 1.90. The standard InChI is InChI=1S/C11H20N2OS/c1-11(7-12,9-2-3-9)13-10(14)8-4-5-15-6-8/h8-9H,2-7,12H2,1H3,(H,13,14). The largest absolute Gasteiger partial charge is 0.349 e. The van der Waals surface area contributed by atoms with Crippen LogP contribution in [0.5, 0.6) is 0 Å². The molecule has 2 unspecified atom stereocenters. The molecule has 1 aliphatic carbocycles. The zero-order valence-electron chi connectivity index (χ0n) is 9.29. The molecule has 0 aromatic rings. The van der Waals surface area contributed by atoms with E-state index in [2.05, 4.69) is 12.2 Å². The van der Waals surface area contributed by atoms with Crippen LogP contribution >= 0.6 is 11.8 Å². The van der Waals surface area contributed by atoms with Crippen LogP contribution in [0.25, 0.3) is 0 Å². The molecule has 1 amide bonds. The van der Waals surface area contributed by atoms with Gasteiger partial charge in [0.25, 0.3) is 0 Å². The van der Waals surface area contributed by atoms with Crippen LogP contribution in [0.15, 0.2) is 0 Å². The highest BCUT2D eigenvalue weighted by molar-refractivity contribution is 7.99. The van der Waals surface area contributed by atoms with E-state index >= 15 is 0 Å². The number of amides is 1. The van der Waals surface area contributed by atoms with E-state index < -0.39 is 0 Å². The highest BCUT2D eigenvalue weighted by Crippen LogP contribution is 2.39. The third-order valence-electron chi connectivity index (χ3n) is 3.61. The van der Waals surface area contributed by atoms with Gasteiger partial charge >= 0.3 is 0 Å². The highest BCUT2D eigenvalue weighted by atomic mass is 32.2. The van der Waals surface area contributed by atoms with Gasteiger partial charge in [-0.1, -0.05) is 0 Å². The fraction of sp³-hybridized carbons (Fsp3) is 0.909. The molecule has 1 saturated carbocycles. The predicted octanol–water partition coefficient (Wildman–Crippen LogP) is 0.983. The van der Waals surface area contributed by atoms with E-state index in [0.29, 0.717) is 12.5 Å². The van der Waals surface area contributed by atoms with Gasteiger partial charge in [0.15, 0.2) is 0 Å². The summed E-state index contributed by atoms with van der Waals surface area (Å²) >= 11 is 1.88. The first-order valence-corrected chi connectivity index (χ1v) is 6.91. The maximum absolute atomic E-state index is 12.0. The van der Waals surface area contributed by atoms with E-state index in [1.165, 1.54) is 12.8 Å². The lowest BCUT2D eigenvalue weighted by molar-refractivity contribution is -0.126. The number of hydrogen-bond donors (Lipinski definition) is 2. The van der Waals surface area contributed by atoms with E-state index in [4.69, 9.17) is 5.73 Å². The number of rotatable bonds is 4. The van der Waals surface area contributed by atoms with Crippen molar-refractivity contribution in [3.8, 4) is 0 Å². The first-order valence-electron chi connectivity index (χ1n) is 5.75. The summed E-state index contributed by atoms with van der Waals surface area (Å²) in [5.74, 6) is 3.16. The zero-order valence-corrected chi connectivity index (χ0v) is 10.1. The Labute approximate surface area is 95.6 Å². The number of carbonyl (C=O) groups excluding carboxylic acids is 1. The number of nitrogens with one attached hydrogen (secondary N) is 1. The monoisotopic (exact) mass is 228 g/mol. The molecule has 2 atom stereocenters. The number of thioether (sulfide) groups is 1. The Kier molecular flexibility index (Phi) is 3.26. The molecule has 1 heterocycles. The minimum absolute atomic E-state index is 0.148. The maximum atomic E-state index is 12.0. The zero-order chi connectivity index (χ0) is 10.9. The van der Waals surface area contributed by atoms with Gasteiger partial charge in [-0.15, -0.1) is 0 Å². The van der Waals surface area contributed by atoms with Gasteiger partial charge in [-0.05, 0) is 37.9 Å². The summed E-state index contributed by atoms with van der Waals surface area (Å²) in [6.07, 6.45) is 3.46. The second-order valence-electron chi connectivity index (χ2n) is 4.95. The second kappa shape index (κ2) is 4.34. The summed E-state index contributed by atoms with van der Waals surface area (Å²) in [7, 11) is 0. The minimum Gasteiger partial charge on any atom is -0.349 e. The first-order chi connectivity index (χ1) is 7.15. The van der Waals surface area contributed by atoms with Crippen LogP contribution in [-0.2, 0) is 4.79 Å². The third-order valence-corrected chi connectivity index (χ3v) is 4.77. The van der Waals surface area contributed by atoms with Crippen LogP contribution in [0, 0.1) is 11.8 Å². The first kappa shape index (κ1) is 11.3. The molecule has 86 valence electrons. The van der Waals surface area contributed by atoms with Gasteiger partial charge in [-0.2, -0.15) is 11.8 Å². The molecule has 4 heteroatoms. The second-order valence-corrected chi connectivity index (χ2v) is 6.10. The summed E-state index contributed by atoms with van der Waals surface area (Å²) < 4.78 is 0. The topological polar surface area (TPSA) is 55.1 Å². The maximum Gasteiger partial charge on any atom is 0.224 e. The summed E-state index contributed by atoms with van der Waals surface area (Å²) in [4.78, 5) is 12.0. The van der Waals surface area contributed by atoms with Gasteiger partial charge in [-0.3, -0.25) is 4.79 Å². The van der Waals surface area contributed by atoms with Gasteiger partial charge in [0.05, 0.1) is 5.54 Å². The smallest absolute Gasteiger partial charge is 0.224 e. The van der Waals surface area contributed by atoms with Crippen LogP contribution in [-0.4, -0.2) is 29.5 Å². The predicted molar refractivity (Wildman–Crippen MR) is 63.8 cm³/mol. The quantitative estimate of drug-likeness (QED) is 0.754. The lowest BCUT2D eigenvalue weighted by atomic mass is 9.94. The van der Waals surface area contributed by atoms with E-state index in [9.17, 15) is 4.79 Å². The Hall–Kier alpha value is -0.220. The fourth-order valence-electron chi connectivity index (χ4n) is 2.17. The van der Waals surface area contributed by atoms with Crippen LogP contribution in [0.2, 0.25) is 0 Å². The van der Waals surface area contributed by atoms with Gasteiger partial charge in [-0.25, -0.2) is 0 Å². The number of carbonyl (C=O) groups is 1. The SMILES string of the molecule is CC(CN)(NC(=O)C1CCSC1)C1CC1. The van der Waals surface area contributed by atoms with Crippen LogP contribution in [0.1, 0.15) is 26.2 Å². The molecule has 3 N–H and O–H groups in total. The molecule has 2 aliphatic rings. The Morgan fingerprint density at radius 3 is 2.73 bits per heavy atom. The Bertz CT molecular complexity index is 249. The summed E-state index contributed by atoms with van der Waals surface area (Å²) in [5.41, 5.74) is 5.63. The van der Waals surface area contributed by atoms with Crippen LogP contribution in [0.4, 0.5) is 0 Å². The van der Waals surface area contributed by atoms with Crippen molar-refractivity contribution in [2.24, 2.45) is 17.6 Å². The average Bonchev–Trinajstić information content (AvgIpc) is 2.94. The number of hydrogen-bond acceptors (Lipinski definition) is 3. The van der Waals surface area contributed by atoms with E-state index in [0.717, 1.165) is 17.9 Å². The molecular weight excluding hydrogens is 208 g/mol. The van der Waals surface area contributed by atoms with E-state index in [1.54, 1.807) is 0 Å². The highest BCUT2D eigenvalue weighted by Gasteiger charge is 2.42. The third kappa shape index (κ3) is 2.48. The van der Waals surface area contributed by atoms with Crippen molar-refractivity contribution < 1.29 is 4.79 Å². The van der Waals surface area contributed by atoms with Gasteiger partial charge in [0.2, 0.25) is 5.91 Å². The lowest BCUT2D eigenvalue weighted by Crippen LogP contribution is -2.54. The van der Waals surface area contributed by atoms with Crippen LogP contribution < -0.4 is 11.1 Å². The van der Waals surface area contributed by atoms with E-state index in [-0.39, 0.29) is 17.4 Å². The molecule has 15 heavy (non-hydrogen) atoms. The molecule has 1 saturated heterocycles. The van der Waals surface area contributed by atoms with Crippen molar-refractivity contribution >= 4 is 17.7 Å². The molecular formula is C11H20N2OS. The Morgan fingerprint density at radius 1 is 1.53 bits per heavy atom. The molecule has 0 aromatic carbocycles. The molecule has 2 fully saturated rings. The van der Waals surface area contributed by atoms with Crippen molar-refractivity contribution in [3.63, 3.8) is 0 Å². The van der Waals surface area contributed by atoms with Gasteiger partial charge in [0, 0.05) is 18.2 Å². The van der Waals surface area contributed by atoms with Crippen molar-refractivity contribution in [2.75, 3.05) is 18.1 Å². The number of nitrogens with two attached hydrogens (primary N) is 1. The summed E-state index contributed by atoms with van der Waals surface area (Å²) in [6.45, 7) is 2.65.